The summed E-state index contributed by atoms with van der Waals surface area (Å²) in [6.45, 7) is 4.66. The van der Waals surface area contributed by atoms with E-state index in [0.717, 1.165) is 17.5 Å². The van der Waals surface area contributed by atoms with Gasteiger partial charge in [-0.1, -0.05) is 60.3 Å². The van der Waals surface area contributed by atoms with Crippen LogP contribution in [0.4, 0.5) is 4.39 Å². The Hall–Kier alpha value is -3.23. The van der Waals surface area contributed by atoms with Gasteiger partial charge in [0.25, 0.3) is 5.56 Å². The fourth-order valence-electron chi connectivity index (χ4n) is 3.56. The van der Waals surface area contributed by atoms with Gasteiger partial charge >= 0.3 is 0 Å². The number of carbonyl (C=O) groups is 1. The van der Waals surface area contributed by atoms with E-state index in [9.17, 15) is 14.0 Å². The molecular weight excluding hydrogens is 469 g/mol. The van der Waals surface area contributed by atoms with Gasteiger partial charge in [0, 0.05) is 36.2 Å². The number of hydrogen-bond acceptors (Lipinski definition) is 5. The van der Waals surface area contributed by atoms with Crippen molar-refractivity contribution in [3.8, 4) is 11.1 Å². The van der Waals surface area contributed by atoms with Crippen molar-refractivity contribution in [2.45, 2.75) is 24.5 Å². The topological polar surface area (TPSA) is 64.0 Å². The van der Waals surface area contributed by atoms with Gasteiger partial charge in [-0.2, -0.15) is 0 Å². The molecule has 1 amide bonds. The summed E-state index contributed by atoms with van der Waals surface area (Å²) in [4.78, 5) is 30.9. The number of aromatic nitrogens is 2. The van der Waals surface area contributed by atoms with Crippen molar-refractivity contribution in [2.24, 2.45) is 0 Å². The third-order valence-corrected chi connectivity index (χ3v) is 7.11. The SMILES string of the molecule is C=CCn1c(SCCC(=O)NCCc2ccccc2)nc2scc(-c3ccc(F)cc3)c2c1=O. The highest BCUT2D eigenvalue weighted by molar-refractivity contribution is 7.99. The zero-order chi connectivity index (χ0) is 23.9. The number of fused-ring (bicyclic) bond motifs is 1. The summed E-state index contributed by atoms with van der Waals surface area (Å²) in [5, 5.41) is 5.89. The van der Waals surface area contributed by atoms with Gasteiger partial charge in [0.1, 0.15) is 10.6 Å². The molecule has 0 aliphatic rings. The number of allylic oxidation sites excluding steroid dienone is 1. The molecule has 0 saturated carbocycles. The lowest BCUT2D eigenvalue weighted by atomic mass is 10.1. The zero-order valence-corrected chi connectivity index (χ0v) is 20.1. The fraction of sp³-hybridized carbons (Fsp3) is 0.192. The first-order chi connectivity index (χ1) is 16.6. The lowest BCUT2D eigenvalue weighted by Crippen LogP contribution is -2.26. The van der Waals surface area contributed by atoms with Crippen LogP contribution in [-0.4, -0.2) is 27.8 Å². The maximum atomic E-state index is 13.3. The summed E-state index contributed by atoms with van der Waals surface area (Å²) in [6, 6.07) is 16.1. The van der Waals surface area contributed by atoms with Crippen molar-refractivity contribution in [1.29, 1.82) is 0 Å². The molecule has 2 aromatic heterocycles. The Balaban J connectivity index is 1.45. The highest BCUT2D eigenvalue weighted by Crippen LogP contribution is 2.32. The molecule has 4 aromatic rings. The van der Waals surface area contributed by atoms with Crippen molar-refractivity contribution in [3.05, 3.63) is 94.4 Å². The lowest BCUT2D eigenvalue weighted by Gasteiger charge is -2.11. The molecule has 0 aliphatic carbocycles. The number of halogens is 1. The van der Waals surface area contributed by atoms with E-state index in [2.05, 4.69) is 11.9 Å². The molecule has 2 aromatic carbocycles. The number of carbonyl (C=O) groups excluding carboxylic acids is 1. The van der Waals surface area contributed by atoms with Crippen LogP contribution in [0.15, 0.2) is 82.6 Å². The quantitative estimate of drug-likeness (QED) is 0.185. The van der Waals surface area contributed by atoms with Crippen LogP contribution in [0.3, 0.4) is 0 Å². The van der Waals surface area contributed by atoms with Crippen LogP contribution in [0.2, 0.25) is 0 Å². The Morgan fingerprint density at radius 2 is 1.94 bits per heavy atom. The maximum absolute atomic E-state index is 13.3. The predicted molar refractivity (Wildman–Crippen MR) is 138 cm³/mol. The number of nitrogens with one attached hydrogen (secondary N) is 1. The van der Waals surface area contributed by atoms with Gasteiger partial charge in [-0.3, -0.25) is 14.2 Å². The number of hydrogen-bond donors (Lipinski definition) is 1. The minimum atomic E-state index is -0.326. The van der Waals surface area contributed by atoms with Crippen LogP contribution in [-0.2, 0) is 17.8 Å². The Kier molecular flexibility index (Phi) is 7.92. The number of nitrogens with zero attached hydrogens (tertiary/aromatic N) is 2. The molecule has 0 saturated heterocycles. The minimum absolute atomic E-state index is 0.0307. The van der Waals surface area contributed by atoms with E-state index in [-0.39, 0.29) is 17.3 Å². The average Bonchev–Trinajstić information content (AvgIpc) is 3.27. The number of rotatable bonds is 10. The standard InChI is InChI=1S/C26H24FN3O2S2/c1-2-15-30-25(32)23-21(19-8-10-20(27)11-9-19)17-34-24(23)29-26(30)33-16-13-22(31)28-14-12-18-6-4-3-5-7-18/h2-11,17H,1,12-16H2,(H,28,31). The smallest absolute Gasteiger partial charge is 0.263 e. The van der Waals surface area contributed by atoms with Gasteiger partial charge in [0.15, 0.2) is 5.16 Å². The molecule has 0 unspecified atom stereocenters. The van der Waals surface area contributed by atoms with E-state index in [1.54, 1.807) is 22.8 Å². The molecule has 4 rings (SSSR count). The molecule has 0 radical (unpaired) electrons. The summed E-state index contributed by atoms with van der Waals surface area (Å²) in [6.07, 6.45) is 2.76. The van der Waals surface area contributed by atoms with Crippen LogP contribution in [0, 0.1) is 5.82 Å². The largest absolute Gasteiger partial charge is 0.356 e. The van der Waals surface area contributed by atoms with Gasteiger partial charge in [-0.05, 0) is 29.7 Å². The monoisotopic (exact) mass is 493 g/mol. The Labute approximate surface area is 205 Å². The average molecular weight is 494 g/mol. The van der Waals surface area contributed by atoms with Crippen LogP contribution < -0.4 is 10.9 Å². The first kappa shape index (κ1) is 23.9. The third kappa shape index (κ3) is 5.63. The summed E-state index contributed by atoms with van der Waals surface area (Å²) in [7, 11) is 0. The van der Waals surface area contributed by atoms with Crippen LogP contribution in [0.5, 0.6) is 0 Å². The molecule has 2 heterocycles. The Morgan fingerprint density at radius 3 is 2.68 bits per heavy atom. The van der Waals surface area contributed by atoms with E-state index in [4.69, 9.17) is 4.98 Å². The number of thioether (sulfide) groups is 1. The molecule has 0 aliphatic heterocycles. The van der Waals surface area contributed by atoms with Gasteiger partial charge in [-0.15, -0.1) is 17.9 Å². The second kappa shape index (κ2) is 11.3. The molecule has 34 heavy (non-hydrogen) atoms. The molecule has 1 N–H and O–H groups in total. The minimum Gasteiger partial charge on any atom is -0.356 e. The fourth-order valence-corrected chi connectivity index (χ4v) is 5.50. The second-order valence-corrected chi connectivity index (χ2v) is 9.54. The summed E-state index contributed by atoms with van der Waals surface area (Å²) in [5.74, 6) is 0.146. The molecule has 5 nitrogen and oxygen atoms in total. The molecule has 8 heteroatoms. The van der Waals surface area contributed by atoms with E-state index in [1.165, 1.54) is 40.8 Å². The Bertz CT molecular complexity index is 1350. The summed E-state index contributed by atoms with van der Waals surface area (Å²) in [5.41, 5.74) is 2.52. The zero-order valence-electron chi connectivity index (χ0n) is 18.5. The molecular formula is C26H24FN3O2S2. The van der Waals surface area contributed by atoms with Crippen molar-refractivity contribution >= 4 is 39.2 Å². The first-order valence-electron chi connectivity index (χ1n) is 10.9. The summed E-state index contributed by atoms with van der Waals surface area (Å²) < 4.78 is 14.9. The maximum Gasteiger partial charge on any atom is 0.263 e. The first-order valence-corrected chi connectivity index (χ1v) is 12.8. The lowest BCUT2D eigenvalue weighted by molar-refractivity contribution is -0.120. The molecule has 0 fully saturated rings. The summed E-state index contributed by atoms with van der Waals surface area (Å²) >= 11 is 2.76. The highest BCUT2D eigenvalue weighted by Gasteiger charge is 2.17. The highest BCUT2D eigenvalue weighted by atomic mass is 32.2. The van der Waals surface area contributed by atoms with Gasteiger partial charge in [0.2, 0.25) is 5.91 Å². The third-order valence-electron chi connectivity index (χ3n) is 5.26. The van der Waals surface area contributed by atoms with E-state index >= 15 is 0 Å². The van der Waals surface area contributed by atoms with Crippen molar-refractivity contribution < 1.29 is 9.18 Å². The molecule has 174 valence electrons. The van der Waals surface area contributed by atoms with Gasteiger partial charge in [-0.25, -0.2) is 9.37 Å². The molecule has 0 spiro atoms. The molecule has 0 bridgehead atoms. The molecule has 0 atom stereocenters. The second-order valence-electron chi connectivity index (χ2n) is 7.62. The Morgan fingerprint density at radius 1 is 1.18 bits per heavy atom. The number of benzene rings is 2. The predicted octanol–water partition coefficient (Wildman–Crippen LogP) is 5.29. The van der Waals surface area contributed by atoms with Gasteiger partial charge in [0.05, 0.1) is 5.39 Å². The van der Waals surface area contributed by atoms with Gasteiger partial charge < -0.3 is 5.32 Å². The van der Waals surface area contributed by atoms with Crippen molar-refractivity contribution in [3.63, 3.8) is 0 Å². The van der Waals surface area contributed by atoms with E-state index in [1.807, 2.05) is 35.7 Å². The van der Waals surface area contributed by atoms with Crippen molar-refractivity contribution in [1.82, 2.24) is 14.9 Å². The number of amides is 1. The van der Waals surface area contributed by atoms with E-state index < -0.39 is 0 Å². The van der Waals surface area contributed by atoms with Crippen LogP contribution in [0.1, 0.15) is 12.0 Å². The van der Waals surface area contributed by atoms with Crippen molar-refractivity contribution in [2.75, 3.05) is 12.3 Å². The normalized spacial score (nSPS) is 11.0. The number of thiophene rings is 1. The van der Waals surface area contributed by atoms with E-state index in [0.29, 0.717) is 40.6 Å². The van der Waals surface area contributed by atoms with Crippen LogP contribution in [0.25, 0.3) is 21.3 Å². The van der Waals surface area contributed by atoms with Crippen LogP contribution >= 0.6 is 23.1 Å².